The fourth-order valence-electron chi connectivity index (χ4n) is 3.63. The molecule has 1 amide bonds. The van der Waals surface area contributed by atoms with Gasteiger partial charge in [-0.05, 0) is 32.4 Å². The van der Waals surface area contributed by atoms with Gasteiger partial charge in [0.15, 0.2) is 0 Å². The SMILES string of the molecule is CC(C)n1nc(CCC(=O)NCCCN(C)c2ccccc2)c2c1CCOC2. The van der Waals surface area contributed by atoms with E-state index in [1.807, 2.05) is 18.2 Å². The molecule has 0 saturated heterocycles. The largest absolute Gasteiger partial charge is 0.376 e. The summed E-state index contributed by atoms with van der Waals surface area (Å²) >= 11 is 0. The first-order chi connectivity index (χ1) is 13.6. The van der Waals surface area contributed by atoms with Gasteiger partial charge in [-0.2, -0.15) is 5.10 Å². The molecule has 0 unspecified atom stereocenters. The van der Waals surface area contributed by atoms with Crippen molar-refractivity contribution in [1.82, 2.24) is 15.1 Å². The molecule has 152 valence electrons. The van der Waals surface area contributed by atoms with Crippen molar-refractivity contribution in [1.29, 1.82) is 0 Å². The fraction of sp³-hybridized carbons (Fsp3) is 0.545. The number of hydrogen-bond acceptors (Lipinski definition) is 4. The maximum absolute atomic E-state index is 12.2. The van der Waals surface area contributed by atoms with Crippen molar-refractivity contribution in [2.45, 2.75) is 52.2 Å². The lowest BCUT2D eigenvalue weighted by Gasteiger charge is -2.19. The van der Waals surface area contributed by atoms with E-state index >= 15 is 0 Å². The molecule has 2 heterocycles. The molecular formula is C22H32N4O2. The summed E-state index contributed by atoms with van der Waals surface area (Å²) < 4.78 is 7.72. The standard InChI is InChI=1S/C22H32N4O2/c1-17(2)26-21-12-15-28-16-19(21)20(24-26)10-11-22(27)23-13-7-14-25(3)18-8-5-4-6-9-18/h4-6,8-9,17H,7,10-16H2,1-3H3,(H,23,27). The Bertz CT molecular complexity index is 770. The second-order valence-corrected chi connectivity index (χ2v) is 7.67. The summed E-state index contributed by atoms with van der Waals surface area (Å²) in [4.78, 5) is 14.5. The maximum atomic E-state index is 12.2. The van der Waals surface area contributed by atoms with Crippen LogP contribution in [0.2, 0.25) is 0 Å². The highest BCUT2D eigenvalue weighted by atomic mass is 16.5. The first-order valence-corrected chi connectivity index (χ1v) is 10.3. The molecular weight excluding hydrogens is 352 g/mol. The third kappa shape index (κ3) is 5.13. The average molecular weight is 385 g/mol. The van der Waals surface area contributed by atoms with E-state index in [1.54, 1.807) is 0 Å². The third-order valence-corrected chi connectivity index (χ3v) is 5.20. The van der Waals surface area contributed by atoms with Crippen molar-refractivity contribution in [3.05, 3.63) is 47.3 Å². The van der Waals surface area contributed by atoms with Crippen molar-refractivity contribution >= 4 is 11.6 Å². The Labute approximate surface area is 167 Å². The van der Waals surface area contributed by atoms with Crippen molar-refractivity contribution < 1.29 is 9.53 Å². The monoisotopic (exact) mass is 384 g/mol. The second kappa shape index (κ2) is 9.73. The summed E-state index contributed by atoms with van der Waals surface area (Å²) in [5.41, 5.74) is 4.68. The van der Waals surface area contributed by atoms with Gasteiger partial charge in [0.05, 0.1) is 18.9 Å². The minimum absolute atomic E-state index is 0.0898. The number of hydrogen-bond donors (Lipinski definition) is 1. The van der Waals surface area contributed by atoms with Gasteiger partial charge in [-0.25, -0.2) is 0 Å². The Morgan fingerprint density at radius 2 is 2.11 bits per heavy atom. The van der Waals surface area contributed by atoms with Crippen LogP contribution in [0.3, 0.4) is 0 Å². The van der Waals surface area contributed by atoms with E-state index in [9.17, 15) is 4.79 Å². The first-order valence-electron chi connectivity index (χ1n) is 10.3. The van der Waals surface area contributed by atoms with Crippen LogP contribution in [0.5, 0.6) is 0 Å². The number of aromatic nitrogens is 2. The number of benzene rings is 1. The Kier molecular flexibility index (Phi) is 7.09. The average Bonchev–Trinajstić information content (AvgIpc) is 3.09. The highest BCUT2D eigenvalue weighted by Gasteiger charge is 2.22. The topological polar surface area (TPSA) is 59.4 Å². The zero-order valence-electron chi connectivity index (χ0n) is 17.3. The molecule has 1 aliphatic heterocycles. The van der Waals surface area contributed by atoms with Gasteiger partial charge >= 0.3 is 0 Å². The second-order valence-electron chi connectivity index (χ2n) is 7.67. The van der Waals surface area contributed by atoms with E-state index in [2.05, 4.69) is 47.9 Å². The molecule has 6 nitrogen and oxygen atoms in total. The fourth-order valence-corrected chi connectivity index (χ4v) is 3.63. The van der Waals surface area contributed by atoms with E-state index < -0.39 is 0 Å². The van der Waals surface area contributed by atoms with E-state index in [0.717, 1.165) is 31.7 Å². The lowest BCUT2D eigenvalue weighted by Crippen LogP contribution is -2.28. The molecule has 1 aromatic carbocycles. The van der Waals surface area contributed by atoms with Crippen molar-refractivity contribution in [2.24, 2.45) is 0 Å². The number of ether oxygens (including phenoxy) is 1. The van der Waals surface area contributed by atoms with Crippen molar-refractivity contribution in [3.63, 3.8) is 0 Å². The van der Waals surface area contributed by atoms with Gasteiger partial charge in [0.25, 0.3) is 0 Å². The maximum Gasteiger partial charge on any atom is 0.220 e. The van der Waals surface area contributed by atoms with Crippen LogP contribution in [0.4, 0.5) is 5.69 Å². The molecule has 0 radical (unpaired) electrons. The number of carbonyl (C=O) groups is 1. The van der Waals surface area contributed by atoms with Crippen molar-refractivity contribution in [2.75, 3.05) is 31.6 Å². The van der Waals surface area contributed by atoms with Gasteiger partial charge in [-0.15, -0.1) is 0 Å². The predicted octanol–water partition coefficient (Wildman–Crippen LogP) is 3.11. The molecule has 2 aromatic rings. The molecule has 6 heteroatoms. The lowest BCUT2D eigenvalue weighted by molar-refractivity contribution is -0.121. The van der Waals surface area contributed by atoms with Crippen LogP contribution >= 0.6 is 0 Å². The van der Waals surface area contributed by atoms with Gasteiger partial charge in [0.1, 0.15) is 0 Å². The van der Waals surface area contributed by atoms with E-state index in [0.29, 0.717) is 32.0 Å². The third-order valence-electron chi connectivity index (χ3n) is 5.20. The first kappa shape index (κ1) is 20.4. The number of para-hydroxylation sites is 1. The Hall–Kier alpha value is -2.34. The molecule has 1 aliphatic rings. The molecule has 1 N–H and O–H groups in total. The minimum Gasteiger partial charge on any atom is -0.376 e. The summed E-state index contributed by atoms with van der Waals surface area (Å²) in [7, 11) is 2.08. The van der Waals surface area contributed by atoms with Crippen LogP contribution in [-0.4, -0.2) is 42.4 Å². The Balaban J connectivity index is 1.42. The van der Waals surface area contributed by atoms with E-state index in [4.69, 9.17) is 9.84 Å². The highest BCUT2D eigenvalue weighted by Crippen LogP contribution is 2.24. The zero-order valence-corrected chi connectivity index (χ0v) is 17.3. The molecule has 0 atom stereocenters. The number of amides is 1. The van der Waals surface area contributed by atoms with Gasteiger partial charge in [-0.3, -0.25) is 9.48 Å². The predicted molar refractivity (Wildman–Crippen MR) is 112 cm³/mol. The lowest BCUT2D eigenvalue weighted by atomic mass is 10.1. The number of nitrogens with one attached hydrogen (secondary N) is 1. The van der Waals surface area contributed by atoms with Gasteiger partial charge < -0.3 is 15.0 Å². The molecule has 0 aliphatic carbocycles. The quantitative estimate of drug-likeness (QED) is 0.675. The van der Waals surface area contributed by atoms with E-state index in [-0.39, 0.29) is 5.91 Å². The molecule has 3 rings (SSSR count). The van der Waals surface area contributed by atoms with Crippen LogP contribution in [0.15, 0.2) is 30.3 Å². The zero-order chi connectivity index (χ0) is 19.9. The highest BCUT2D eigenvalue weighted by molar-refractivity contribution is 5.76. The van der Waals surface area contributed by atoms with Gasteiger partial charge in [0, 0.05) is 62.4 Å². The van der Waals surface area contributed by atoms with Crippen LogP contribution in [-0.2, 0) is 29.0 Å². The van der Waals surface area contributed by atoms with Gasteiger partial charge in [0.2, 0.25) is 5.91 Å². The molecule has 1 aromatic heterocycles. The molecule has 0 fully saturated rings. The number of nitrogens with zero attached hydrogens (tertiary/aromatic N) is 3. The summed E-state index contributed by atoms with van der Waals surface area (Å²) in [6.07, 6.45) is 2.96. The van der Waals surface area contributed by atoms with Crippen LogP contribution in [0, 0.1) is 0 Å². The number of rotatable bonds is 9. The summed E-state index contributed by atoms with van der Waals surface area (Å²) in [6.45, 7) is 7.26. The molecule has 0 spiro atoms. The van der Waals surface area contributed by atoms with Gasteiger partial charge in [-0.1, -0.05) is 18.2 Å². The Morgan fingerprint density at radius 3 is 2.86 bits per heavy atom. The number of fused-ring (bicyclic) bond motifs is 1. The number of carbonyl (C=O) groups excluding carboxylic acids is 1. The Morgan fingerprint density at radius 1 is 1.32 bits per heavy atom. The summed E-state index contributed by atoms with van der Waals surface area (Å²) in [5, 5.41) is 7.80. The van der Waals surface area contributed by atoms with Crippen LogP contribution in [0.25, 0.3) is 0 Å². The van der Waals surface area contributed by atoms with Crippen LogP contribution in [0.1, 0.15) is 49.7 Å². The van der Waals surface area contributed by atoms with Crippen LogP contribution < -0.4 is 10.2 Å². The molecule has 0 saturated carbocycles. The molecule has 0 bridgehead atoms. The van der Waals surface area contributed by atoms with E-state index in [1.165, 1.54) is 16.9 Å². The summed E-state index contributed by atoms with van der Waals surface area (Å²) in [6, 6.07) is 10.6. The molecule has 28 heavy (non-hydrogen) atoms. The van der Waals surface area contributed by atoms with Crippen molar-refractivity contribution in [3.8, 4) is 0 Å². The number of aryl methyl sites for hydroxylation is 1. The number of anilines is 1. The normalized spacial score (nSPS) is 13.4. The minimum atomic E-state index is 0.0898. The summed E-state index contributed by atoms with van der Waals surface area (Å²) in [5.74, 6) is 0.0898. The smallest absolute Gasteiger partial charge is 0.220 e.